The molecule has 0 amide bonds. The lowest BCUT2D eigenvalue weighted by atomic mass is 9.85. The fourth-order valence-electron chi connectivity index (χ4n) is 2.71. The van der Waals surface area contributed by atoms with Crippen molar-refractivity contribution in [2.75, 3.05) is 19.7 Å². The van der Waals surface area contributed by atoms with Crippen molar-refractivity contribution in [3.63, 3.8) is 0 Å². The van der Waals surface area contributed by atoms with Gasteiger partial charge in [-0.1, -0.05) is 0 Å². The minimum absolute atomic E-state index is 0.0602. The molecule has 3 nitrogen and oxygen atoms in total. The second-order valence-corrected chi connectivity index (χ2v) is 3.82. The summed E-state index contributed by atoms with van der Waals surface area (Å²) in [5.41, 5.74) is -0.158. The molecule has 0 aromatic heterocycles. The lowest BCUT2D eigenvalue weighted by Crippen LogP contribution is -2.45. The summed E-state index contributed by atoms with van der Waals surface area (Å²) in [5.74, 6) is 0.0602. The second-order valence-electron chi connectivity index (χ2n) is 3.82. The van der Waals surface area contributed by atoms with Gasteiger partial charge in [0.05, 0.1) is 24.1 Å². The summed E-state index contributed by atoms with van der Waals surface area (Å²) in [5, 5.41) is 18.3. The van der Waals surface area contributed by atoms with Crippen molar-refractivity contribution in [2.24, 2.45) is 5.92 Å². The Kier molecular flexibility index (Phi) is 1.82. The molecule has 0 aromatic rings. The lowest BCUT2D eigenvalue weighted by Gasteiger charge is -2.32. The number of nitriles is 1. The fourth-order valence-corrected chi connectivity index (χ4v) is 2.71. The van der Waals surface area contributed by atoms with Crippen molar-refractivity contribution in [1.82, 2.24) is 4.90 Å². The molecule has 0 radical (unpaired) electrons. The molecule has 66 valence electrons. The second kappa shape index (κ2) is 2.72. The predicted molar refractivity (Wildman–Crippen MR) is 44.3 cm³/mol. The van der Waals surface area contributed by atoms with E-state index in [4.69, 9.17) is 5.26 Å². The van der Waals surface area contributed by atoms with Gasteiger partial charge in [0.2, 0.25) is 0 Å². The van der Waals surface area contributed by atoms with Crippen molar-refractivity contribution in [3.05, 3.63) is 0 Å². The van der Waals surface area contributed by atoms with Gasteiger partial charge in [0, 0.05) is 6.54 Å². The minimum Gasteiger partial charge on any atom is -0.394 e. The van der Waals surface area contributed by atoms with Gasteiger partial charge in [-0.2, -0.15) is 5.26 Å². The van der Waals surface area contributed by atoms with Crippen LogP contribution in [0.1, 0.15) is 19.3 Å². The van der Waals surface area contributed by atoms with Gasteiger partial charge in [0.15, 0.2) is 0 Å². The minimum atomic E-state index is -0.158. The zero-order valence-corrected chi connectivity index (χ0v) is 7.16. The van der Waals surface area contributed by atoms with Gasteiger partial charge in [-0.3, -0.25) is 4.90 Å². The van der Waals surface area contributed by atoms with E-state index in [1.54, 1.807) is 0 Å². The summed E-state index contributed by atoms with van der Waals surface area (Å²) in [4.78, 5) is 2.29. The Morgan fingerprint density at radius 1 is 1.58 bits per heavy atom. The van der Waals surface area contributed by atoms with Crippen LogP contribution >= 0.6 is 0 Å². The van der Waals surface area contributed by atoms with E-state index in [-0.39, 0.29) is 18.1 Å². The highest BCUT2D eigenvalue weighted by Crippen LogP contribution is 2.42. The van der Waals surface area contributed by atoms with Crippen molar-refractivity contribution in [1.29, 1.82) is 5.26 Å². The average molecular weight is 166 g/mol. The molecule has 0 spiro atoms. The number of hydrogen-bond acceptors (Lipinski definition) is 3. The Hall–Kier alpha value is -0.590. The summed E-state index contributed by atoms with van der Waals surface area (Å²) < 4.78 is 0. The van der Waals surface area contributed by atoms with Gasteiger partial charge >= 0.3 is 0 Å². The van der Waals surface area contributed by atoms with Crippen LogP contribution in [-0.2, 0) is 0 Å². The van der Waals surface area contributed by atoms with Gasteiger partial charge in [0.1, 0.15) is 0 Å². The van der Waals surface area contributed by atoms with Crippen molar-refractivity contribution in [2.45, 2.75) is 24.8 Å². The number of aliphatic hydroxyl groups is 1. The van der Waals surface area contributed by atoms with E-state index in [1.165, 1.54) is 0 Å². The SMILES string of the molecule is N#C[C@@H]1CCN2CCC[C@]12CO. The zero-order valence-electron chi connectivity index (χ0n) is 7.16. The Bertz CT molecular complexity index is 223. The predicted octanol–water partition coefficient (Wildman–Crippen LogP) is 0.357. The molecule has 12 heavy (non-hydrogen) atoms. The zero-order chi connectivity index (χ0) is 8.60. The van der Waals surface area contributed by atoms with Crippen LogP contribution in [-0.4, -0.2) is 35.2 Å². The molecule has 0 saturated carbocycles. The van der Waals surface area contributed by atoms with Crippen molar-refractivity contribution in [3.8, 4) is 6.07 Å². The molecule has 2 saturated heterocycles. The maximum Gasteiger partial charge on any atom is 0.0681 e. The molecule has 0 bridgehead atoms. The number of nitrogens with zero attached hydrogens (tertiary/aromatic N) is 2. The highest BCUT2D eigenvalue weighted by molar-refractivity contribution is 5.12. The first kappa shape index (κ1) is 8.03. The average Bonchev–Trinajstić information content (AvgIpc) is 2.60. The quantitative estimate of drug-likeness (QED) is 0.611. The van der Waals surface area contributed by atoms with E-state index in [2.05, 4.69) is 11.0 Å². The van der Waals surface area contributed by atoms with Gasteiger partial charge in [0.25, 0.3) is 0 Å². The molecular weight excluding hydrogens is 152 g/mol. The van der Waals surface area contributed by atoms with Crippen LogP contribution in [0.3, 0.4) is 0 Å². The monoisotopic (exact) mass is 166 g/mol. The third-order valence-electron chi connectivity index (χ3n) is 3.43. The van der Waals surface area contributed by atoms with Crippen LogP contribution in [0.25, 0.3) is 0 Å². The first-order valence-corrected chi connectivity index (χ1v) is 4.59. The summed E-state index contributed by atoms with van der Waals surface area (Å²) in [7, 11) is 0. The molecule has 2 aliphatic rings. The summed E-state index contributed by atoms with van der Waals surface area (Å²) in [6.45, 7) is 2.22. The molecule has 2 fully saturated rings. The number of hydrogen-bond donors (Lipinski definition) is 1. The van der Waals surface area contributed by atoms with Gasteiger partial charge < -0.3 is 5.11 Å². The number of fused-ring (bicyclic) bond motifs is 1. The molecule has 1 N–H and O–H groups in total. The molecule has 2 aliphatic heterocycles. The molecular formula is C9H14N2O. The highest BCUT2D eigenvalue weighted by atomic mass is 16.3. The van der Waals surface area contributed by atoms with Crippen LogP contribution in [0.5, 0.6) is 0 Å². The van der Waals surface area contributed by atoms with Gasteiger partial charge in [-0.25, -0.2) is 0 Å². The first-order valence-electron chi connectivity index (χ1n) is 4.59. The van der Waals surface area contributed by atoms with Gasteiger partial charge in [-0.05, 0) is 25.8 Å². The molecule has 2 heterocycles. The molecule has 2 rings (SSSR count). The van der Waals surface area contributed by atoms with E-state index < -0.39 is 0 Å². The summed E-state index contributed by atoms with van der Waals surface area (Å²) >= 11 is 0. The van der Waals surface area contributed by atoms with Crippen LogP contribution in [0.2, 0.25) is 0 Å². The number of rotatable bonds is 1. The van der Waals surface area contributed by atoms with E-state index in [0.29, 0.717) is 0 Å². The van der Waals surface area contributed by atoms with Gasteiger partial charge in [-0.15, -0.1) is 0 Å². The van der Waals surface area contributed by atoms with Crippen LogP contribution in [0.15, 0.2) is 0 Å². The summed E-state index contributed by atoms with van der Waals surface area (Å²) in [6, 6.07) is 2.33. The molecule has 0 aliphatic carbocycles. The largest absolute Gasteiger partial charge is 0.394 e. The maximum atomic E-state index is 9.34. The van der Waals surface area contributed by atoms with E-state index in [0.717, 1.165) is 32.4 Å². The van der Waals surface area contributed by atoms with Crippen LogP contribution < -0.4 is 0 Å². The molecule has 3 heteroatoms. The first-order chi connectivity index (χ1) is 5.83. The Morgan fingerprint density at radius 2 is 2.42 bits per heavy atom. The molecule has 0 unspecified atom stereocenters. The van der Waals surface area contributed by atoms with Crippen molar-refractivity contribution < 1.29 is 5.11 Å². The third-order valence-corrected chi connectivity index (χ3v) is 3.43. The third kappa shape index (κ3) is 0.825. The van der Waals surface area contributed by atoms with Crippen molar-refractivity contribution >= 4 is 0 Å². The topological polar surface area (TPSA) is 47.3 Å². The summed E-state index contributed by atoms with van der Waals surface area (Å²) in [6.07, 6.45) is 3.08. The highest BCUT2D eigenvalue weighted by Gasteiger charge is 2.50. The Morgan fingerprint density at radius 3 is 3.08 bits per heavy atom. The molecule has 0 aromatic carbocycles. The van der Waals surface area contributed by atoms with Crippen LogP contribution in [0, 0.1) is 17.2 Å². The normalized spacial score (nSPS) is 41.2. The smallest absolute Gasteiger partial charge is 0.0681 e. The fraction of sp³-hybridized carbons (Fsp3) is 0.889. The standard InChI is InChI=1S/C9H14N2O/c10-6-8-2-5-11-4-1-3-9(8,11)7-12/h8,12H,1-5,7H2/t8-,9-/m0/s1. The Balaban J connectivity index is 2.26. The lowest BCUT2D eigenvalue weighted by molar-refractivity contribution is 0.0819. The Labute approximate surface area is 72.6 Å². The van der Waals surface area contributed by atoms with E-state index in [1.807, 2.05) is 0 Å². The number of aliphatic hydroxyl groups excluding tert-OH is 1. The molecule has 2 atom stereocenters. The van der Waals surface area contributed by atoms with Crippen LogP contribution in [0.4, 0.5) is 0 Å². The van der Waals surface area contributed by atoms with E-state index >= 15 is 0 Å². The van der Waals surface area contributed by atoms with E-state index in [9.17, 15) is 5.11 Å². The maximum absolute atomic E-state index is 9.34.